The topological polar surface area (TPSA) is 64.1 Å². The summed E-state index contributed by atoms with van der Waals surface area (Å²) in [4.78, 5) is 21.0. The summed E-state index contributed by atoms with van der Waals surface area (Å²) < 4.78 is 5.08. The molecule has 2 aromatic heterocycles. The highest BCUT2D eigenvalue weighted by Crippen LogP contribution is 2.22. The van der Waals surface area contributed by atoms with Crippen molar-refractivity contribution in [2.45, 2.75) is 13.8 Å². The molecule has 0 unspecified atom stereocenters. The third-order valence-corrected chi connectivity index (χ3v) is 3.87. The molecule has 25 heavy (non-hydrogen) atoms. The van der Waals surface area contributed by atoms with E-state index in [1.54, 1.807) is 31.6 Å². The molecule has 3 rings (SSSR count). The van der Waals surface area contributed by atoms with Crippen LogP contribution in [0.25, 0.3) is 11.1 Å². The van der Waals surface area contributed by atoms with Crippen molar-refractivity contribution >= 4 is 11.6 Å². The molecule has 5 heteroatoms. The molecule has 0 radical (unpaired) electrons. The summed E-state index contributed by atoms with van der Waals surface area (Å²) >= 11 is 0. The van der Waals surface area contributed by atoms with Gasteiger partial charge in [-0.1, -0.05) is 29.8 Å². The van der Waals surface area contributed by atoms with E-state index in [1.807, 2.05) is 38.1 Å². The summed E-state index contributed by atoms with van der Waals surface area (Å²) in [6.07, 6.45) is 3.31. The molecule has 0 saturated carbocycles. The first-order chi connectivity index (χ1) is 12.1. The highest BCUT2D eigenvalue weighted by Gasteiger charge is 2.11. The largest absolute Gasteiger partial charge is 0.481 e. The second-order valence-electron chi connectivity index (χ2n) is 5.77. The zero-order valence-corrected chi connectivity index (χ0v) is 14.4. The lowest BCUT2D eigenvalue weighted by molar-refractivity contribution is 0.102. The quantitative estimate of drug-likeness (QED) is 0.783. The Hall–Kier alpha value is -3.21. The zero-order valence-electron chi connectivity index (χ0n) is 14.4. The molecule has 0 spiro atoms. The molecule has 3 aromatic rings. The zero-order chi connectivity index (χ0) is 17.8. The van der Waals surface area contributed by atoms with Gasteiger partial charge in [-0.3, -0.25) is 9.78 Å². The number of rotatable bonds is 4. The van der Waals surface area contributed by atoms with Crippen LogP contribution >= 0.6 is 0 Å². The average Bonchev–Trinajstić information content (AvgIpc) is 2.63. The Morgan fingerprint density at radius 1 is 1.04 bits per heavy atom. The highest BCUT2D eigenvalue weighted by atomic mass is 16.5. The van der Waals surface area contributed by atoms with E-state index in [9.17, 15) is 4.79 Å². The molecule has 0 saturated heterocycles. The molecule has 0 aliphatic rings. The number of benzene rings is 1. The van der Waals surface area contributed by atoms with Gasteiger partial charge in [0.05, 0.1) is 24.1 Å². The smallest absolute Gasteiger partial charge is 0.257 e. The van der Waals surface area contributed by atoms with Crippen molar-refractivity contribution in [2.24, 2.45) is 0 Å². The molecular formula is C20H19N3O2. The summed E-state index contributed by atoms with van der Waals surface area (Å²) in [5, 5.41) is 2.87. The Morgan fingerprint density at radius 2 is 1.88 bits per heavy atom. The van der Waals surface area contributed by atoms with Crippen LogP contribution in [0.15, 0.2) is 54.9 Å². The lowest BCUT2D eigenvalue weighted by Crippen LogP contribution is -2.13. The standard InChI is InChI=1S/C20H19N3O2/c1-13-5-4-6-15(9-13)16-10-17(12-21-11-16)20(24)23-18-7-8-19(25-3)22-14(18)2/h4-12H,1-3H3,(H,23,24). The molecule has 1 aromatic carbocycles. The van der Waals surface area contributed by atoms with E-state index in [2.05, 4.69) is 21.4 Å². The molecule has 0 aliphatic carbocycles. The maximum Gasteiger partial charge on any atom is 0.257 e. The van der Waals surface area contributed by atoms with Gasteiger partial charge in [0.1, 0.15) is 0 Å². The first-order valence-corrected chi connectivity index (χ1v) is 7.92. The Kier molecular flexibility index (Phi) is 4.75. The number of carbonyl (C=O) groups excluding carboxylic acids is 1. The Labute approximate surface area is 146 Å². The van der Waals surface area contributed by atoms with Gasteiger partial charge in [0.2, 0.25) is 5.88 Å². The fourth-order valence-corrected chi connectivity index (χ4v) is 2.52. The third kappa shape index (κ3) is 3.83. The van der Waals surface area contributed by atoms with Gasteiger partial charge < -0.3 is 10.1 Å². The SMILES string of the molecule is COc1ccc(NC(=O)c2cncc(-c3cccc(C)c3)c2)c(C)n1. The van der Waals surface area contributed by atoms with Gasteiger partial charge in [-0.2, -0.15) is 0 Å². The Balaban J connectivity index is 1.84. The van der Waals surface area contributed by atoms with Crippen molar-refractivity contribution in [1.82, 2.24) is 9.97 Å². The first-order valence-electron chi connectivity index (χ1n) is 7.92. The molecule has 1 N–H and O–H groups in total. The number of ether oxygens (including phenoxy) is 1. The number of pyridine rings is 2. The van der Waals surface area contributed by atoms with E-state index in [-0.39, 0.29) is 5.91 Å². The van der Waals surface area contributed by atoms with Gasteiger partial charge in [0.25, 0.3) is 5.91 Å². The van der Waals surface area contributed by atoms with E-state index in [0.29, 0.717) is 22.8 Å². The number of aromatic nitrogens is 2. The van der Waals surface area contributed by atoms with Gasteiger partial charge in [-0.15, -0.1) is 0 Å². The minimum atomic E-state index is -0.225. The van der Waals surface area contributed by atoms with Crippen LogP contribution in [0.5, 0.6) is 5.88 Å². The number of carbonyl (C=O) groups is 1. The molecule has 0 fully saturated rings. The predicted molar refractivity (Wildman–Crippen MR) is 97.9 cm³/mol. The second-order valence-corrected chi connectivity index (χ2v) is 5.77. The van der Waals surface area contributed by atoms with Crippen LogP contribution in [0.2, 0.25) is 0 Å². The monoisotopic (exact) mass is 333 g/mol. The first kappa shape index (κ1) is 16.6. The lowest BCUT2D eigenvalue weighted by atomic mass is 10.0. The van der Waals surface area contributed by atoms with Crippen molar-refractivity contribution in [3.05, 3.63) is 71.7 Å². The van der Waals surface area contributed by atoms with Crippen LogP contribution in [0, 0.1) is 13.8 Å². The number of hydrogen-bond acceptors (Lipinski definition) is 4. The van der Waals surface area contributed by atoms with Gasteiger partial charge in [-0.05, 0) is 31.5 Å². The van der Waals surface area contributed by atoms with Gasteiger partial charge in [0, 0.05) is 24.0 Å². The Bertz CT molecular complexity index is 922. The molecular weight excluding hydrogens is 314 g/mol. The fraction of sp³-hybridized carbons (Fsp3) is 0.150. The van der Waals surface area contributed by atoms with E-state index in [4.69, 9.17) is 4.74 Å². The second kappa shape index (κ2) is 7.13. The normalized spacial score (nSPS) is 10.4. The maximum atomic E-state index is 12.6. The maximum absolute atomic E-state index is 12.6. The summed E-state index contributed by atoms with van der Waals surface area (Å²) in [6.45, 7) is 3.85. The summed E-state index contributed by atoms with van der Waals surface area (Å²) in [5.41, 5.74) is 4.93. The lowest BCUT2D eigenvalue weighted by Gasteiger charge is -2.10. The van der Waals surface area contributed by atoms with Gasteiger partial charge >= 0.3 is 0 Å². The van der Waals surface area contributed by atoms with Crippen molar-refractivity contribution in [3.63, 3.8) is 0 Å². The van der Waals surface area contributed by atoms with E-state index >= 15 is 0 Å². The Morgan fingerprint density at radius 3 is 2.60 bits per heavy atom. The summed E-state index contributed by atoms with van der Waals surface area (Å²) in [7, 11) is 1.56. The van der Waals surface area contributed by atoms with Crippen LogP contribution < -0.4 is 10.1 Å². The van der Waals surface area contributed by atoms with Crippen LogP contribution in [-0.4, -0.2) is 23.0 Å². The third-order valence-electron chi connectivity index (χ3n) is 3.87. The number of nitrogens with one attached hydrogen (secondary N) is 1. The fourth-order valence-electron chi connectivity index (χ4n) is 2.52. The van der Waals surface area contributed by atoms with Crippen LogP contribution in [0.3, 0.4) is 0 Å². The minimum Gasteiger partial charge on any atom is -0.481 e. The van der Waals surface area contributed by atoms with E-state index < -0.39 is 0 Å². The molecule has 0 aliphatic heterocycles. The van der Waals surface area contributed by atoms with E-state index in [1.165, 1.54) is 0 Å². The number of anilines is 1. The molecule has 0 bridgehead atoms. The molecule has 1 amide bonds. The number of hydrogen-bond donors (Lipinski definition) is 1. The van der Waals surface area contributed by atoms with Gasteiger partial charge in [-0.25, -0.2) is 4.98 Å². The highest BCUT2D eigenvalue weighted by molar-refractivity contribution is 6.05. The molecule has 2 heterocycles. The van der Waals surface area contributed by atoms with Crippen molar-refractivity contribution in [2.75, 3.05) is 12.4 Å². The number of aryl methyl sites for hydroxylation is 2. The van der Waals surface area contributed by atoms with Crippen LogP contribution in [0.4, 0.5) is 5.69 Å². The van der Waals surface area contributed by atoms with E-state index in [0.717, 1.165) is 16.7 Å². The van der Waals surface area contributed by atoms with Crippen LogP contribution in [0.1, 0.15) is 21.6 Å². The van der Waals surface area contributed by atoms with Crippen molar-refractivity contribution < 1.29 is 9.53 Å². The van der Waals surface area contributed by atoms with Crippen molar-refractivity contribution in [1.29, 1.82) is 0 Å². The number of nitrogens with zero attached hydrogens (tertiary/aromatic N) is 2. The van der Waals surface area contributed by atoms with Crippen LogP contribution in [-0.2, 0) is 0 Å². The predicted octanol–water partition coefficient (Wildman–Crippen LogP) is 4.02. The minimum absolute atomic E-state index is 0.225. The number of methoxy groups -OCH3 is 1. The molecule has 0 atom stereocenters. The average molecular weight is 333 g/mol. The number of amides is 1. The summed E-state index contributed by atoms with van der Waals surface area (Å²) in [6, 6.07) is 13.4. The molecule has 126 valence electrons. The molecule has 5 nitrogen and oxygen atoms in total. The summed E-state index contributed by atoms with van der Waals surface area (Å²) in [5.74, 6) is 0.288. The van der Waals surface area contributed by atoms with Crippen molar-refractivity contribution in [3.8, 4) is 17.0 Å². The van der Waals surface area contributed by atoms with Gasteiger partial charge in [0.15, 0.2) is 0 Å².